The second kappa shape index (κ2) is 5.65. The molecule has 1 heterocycles. The molecule has 1 N–H and O–H groups in total. The second-order valence-corrected chi connectivity index (χ2v) is 5.61. The van der Waals surface area contributed by atoms with Crippen LogP contribution in [0.15, 0.2) is 22.6 Å². The monoisotopic (exact) mass is 272 g/mol. The minimum absolute atomic E-state index is 0.108. The van der Waals surface area contributed by atoms with Gasteiger partial charge in [-0.25, -0.2) is 4.98 Å². The van der Waals surface area contributed by atoms with Crippen molar-refractivity contribution >= 4 is 17.0 Å². The number of nitrogens with one attached hydrogen (secondary N) is 1. The molecule has 4 nitrogen and oxygen atoms in total. The molecule has 106 valence electrons. The Morgan fingerprint density at radius 2 is 2.15 bits per heavy atom. The molecule has 3 rings (SSSR count). The topological polar surface area (TPSA) is 55.1 Å². The largest absolute Gasteiger partial charge is 0.441 e. The van der Waals surface area contributed by atoms with Crippen LogP contribution in [0.1, 0.15) is 43.6 Å². The van der Waals surface area contributed by atoms with E-state index in [0.29, 0.717) is 18.4 Å². The molecule has 1 fully saturated rings. The van der Waals surface area contributed by atoms with Gasteiger partial charge >= 0.3 is 0 Å². The van der Waals surface area contributed by atoms with E-state index in [2.05, 4.69) is 10.3 Å². The number of aryl methyl sites for hydroxylation is 1. The first-order valence-electron chi connectivity index (χ1n) is 7.36. The maximum absolute atomic E-state index is 12.1. The van der Waals surface area contributed by atoms with Gasteiger partial charge in [-0.05, 0) is 30.5 Å². The molecular formula is C16H20N2O2. The third kappa shape index (κ3) is 3.00. The summed E-state index contributed by atoms with van der Waals surface area (Å²) in [6.45, 7) is 1.83. The van der Waals surface area contributed by atoms with Crippen molar-refractivity contribution in [1.82, 2.24) is 10.3 Å². The third-order valence-corrected chi connectivity index (χ3v) is 3.89. The van der Waals surface area contributed by atoms with Crippen LogP contribution in [-0.4, -0.2) is 16.9 Å². The molecule has 1 saturated carbocycles. The first kappa shape index (κ1) is 13.2. The molecule has 0 atom stereocenters. The number of benzene rings is 1. The van der Waals surface area contributed by atoms with Gasteiger partial charge in [-0.2, -0.15) is 0 Å². The highest BCUT2D eigenvalue weighted by atomic mass is 16.3. The van der Waals surface area contributed by atoms with E-state index in [1.807, 2.05) is 25.1 Å². The van der Waals surface area contributed by atoms with E-state index in [9.17, 15) is 4.79 Å². The summed E-state index contributed by atoms with van der Waals surface area (Å²) >= 11 is 0. The molecule has 0 bridgehead atoms. The number of hydrogen-bond acceptors (Lipinski definition) is 3. The van der Waals surface area contributed by atoms with Gasteiger partial charge in [-0.3, -0.25) is 4.79 Å². The van der Waals surface area contributed by atoms with E-state index in [4.69, 9.17) is 4.42 Å². The summed E-state index contributed by atoms with van der Waals surface area (Å²) in [4.78, 5) is 16.4. The van der Waals surface area contributed by atoms with Gasteiger partial charge in [0.25, 0.3) is 0 Å². The fourth-order valence-corrected chi connectivity index (χ4v) is 2.91. The highest BCUT2D eigenvalue weighted by molar-refractivity contribution is 5.81. The minimum atomic E-state index is 0.108. The van der Waals surface area contributed by atoms with Crippen LogP contribution in [0.2, 0.25) is 0 Å². The summed E-state index contributed by atoms with van der Waals surface area (Å²) in [5, 5.41) is 3.14. The molecule has 0 saturated heterocycles. The summed E-state index contributed by atoms with van der Waals surface area (Å²) < 4.78 is 5.44. The lowest BCUT2D eigenvalue weighted by molar-refractivity contribution is -0.121. The van der Waals surface area contributed by atoms with Gasteiger partial charge in [0.2, 0.25) is 5.91 Å². The Morgan fingerprint density at radius 3 is 2.95 bits per heavy atom. The van der Waals surface area contributed by atoms with Crippen molar-refractivity contribution in [3.8, 4) is 0 Å². The Morgan fingerprint density at radius 1 is 1.35 bits per heavy atom. The Labute approximate surface area is 118 Å². The van der Waals surface area contributed by atoms with Crippen LogP contribution >= 0.6 is 0 Å². The van der Waals surface area contributed by atoms with Gasteiger partial charge in [0.1, 0.15) is 5.52 Å². The molecule has 1 aliphatic rings. The zero-order chi connectivity index (χ0) is 13.9. The first-order valence-corrected chi connectivity index (χ1v) is 7.36. The molecule has 1 aliphatic carbocycles. The van der Waals surface area contributed by atoms with Gasteiger partial charge in [0, 0.05) is 13.0 Å². The van der Waals surface area contributed by atoms with Crippen LogP contribution < -0.4 is 5.32 Å². The quantitative estimate of drug-likeness (QED) is 0.934. The highest BCUT2D eigenvalue weighted by Gasteiger charge is 2.16. The Balaban J connectivity index is 1.64. The summed E-state index contributed by atoms with van der Waals surface area (Å²) in [6, 6.07) is 6.13. The number of oxazole rings is 1. The van der Waals surface area contributed by atoms with Crippen molar-refractivity contribution in [3.05, 3.63) is 29.7 Å². The average molecular weight is 272 g/mol. The predicted molar refractivity (Wildman–Crippen MR) is 77.5 cm³/mol. The van der Waals surface area contributed by atoms with Gasteiger partial charge < -0.3 is 9.73 Å². The van der Waals surface area contributed by atoms with Crippen LogP contribution in [-0.2, 0) is 11.2 Å². The van der Waals surface area contributed by atoms with Crippen molar-refractivity contribution in [2.75, 3.05) is 0 Å². The number of carbonyl (C=O) groups is 1. The molecule has 1 aromatic heterocycles. The summed E-state index contributed by atoms with van der Waals surface area (Å²) in [5.74, 6) is 0.764. The van der Waals surface area contributed by atoms with Crippen LogP contribution in [0.3, 0.4) is 0 Å². The third-order valence-electron chi connectivity index (χ3n) is 3.89. The molecule has 0 spiro atoms. The van der Waals surface area contributed by atoms with E-state index < -0.39 is 0 Å². The summed E-state index contributed by atoms with van der Waals surface area (Å²) in [5.41, 5.74) is 2.59. The van der Waals surface area contributed by atoms with Crippen LogP contribution in [0.5, 0.6) is 0 Å². The van der Waals surface area contributed by atoms with Crippen LogP contribution in [0.25, 0.3) is 11.1 Å². The van der Waals surface area contributed by atoms with Crippen LogP contribution in [0, 0.1) is 6.92 Å². The smallest absolute Gasteiger partial charge is 0.224 e. The predicted octanol–water partition coefficient (Wildman–Crippen LogP) is 3.13. The molecule has 0 radical (unpaired) electrons. The zero-order valence-electron chi connectivity index (χ0n) is 11.8. The second-order valence-electron chi connectivity index (χ2n) is 5.61. The van der Waals surface area contributed by atoms with Gasteiger partial charge in [0.05, 0.1) is 6.42 Å². The number of nitrogens with zero attached hydrogens (tertiary/aromatic N) is 1. The lowest BCUT2D eigenvalue weighted by atomic mass is 9.95. The zero-order valence-corrected chi connectivity index (χ0v) is 11.8. The first-order chi connectivity index (χ1) is 9.70. The maximum atomic E-state index is 12.1. The Bertz CT molecular complexity index is 612. The Kier molecular flexibility index (Phi) is 3.72. The van der Waals surface area contributed by atoms with E-state index in [0.717, 1.165) is 29.5 Å². The fourth-order valence-electron chi connectivity index (χ4n) is 2.91. The Hall–Kier alpha value is -1.84. The highest BCUT2D eigenvalue weighted by Crippen LogP contribution is 2.19. The molecule has 0 unspecified atom stereocenters. The van der Waals surface area contributed by atoms with Crippen molar-refractivity contribution in [1.29, 1.82) is 0 Å². The lowest BCUT2D eigenvalue weighted by Crippen LogP contribution is -2.37. The number of carbonyl (C=O) groups excluding carboxylic acids is 1. The molecule has 1 amide bonds. The molecule has 0 aliphatic heterocycles. The van der Waals surface area contributed by atoms with E-state index >= 15 is 0 Å². The number of rotatable bonds is 3. The molecule has 2 aromatic rings. The fraction of sp³-hybridized carbons (Fsp3) is 0.500. The minimum Gasteiger partial charge on any atom is -0.441 e. The van der Waals surface area contributed by atoms with Gasteiger partial charge in [-0.1, -0.05) is 25.3 Å². The van der Waals surface area contributed by atoms with E-state index in [1.54, 1.807) is 0 Å². The van der Waals surface area contributed by atoms with Gasteiger partial charge in [-0.15, -0.1) is 0 Å². The van der Waals surface area contributed by atoms with Crippen molar-refractivity contribution in [3.63, 3.8) is 0 Å². The van der Waals surface area contributed by atoms with Crippen molar-refractivity contribution in [2.45, 2.75) is 51.5 Å². The SMILES string of the molecule is Cc1nc2cc(CC(=O)NC3CCCCC3)ccc2o1. The van der Waals surface area contributed by atoms with Gasteiger partial charge in [0.15, 0.2) is 11.5 Å². The number of aromatic nitrogens is 1. The standard InChI is InChI=1S/C16H20N2O2/c1-11-17-14-9-12(7-8-15(14)20-11)10-16(19)18-13-5-3-2-4-6-13/h7-9,13H,2-6,10H2,1H3,(H,18,19). The maximum Gasteiger partial charge on any atom is 0.224 e. The normalized spacial score (nSPS) is 16.4. The summed E-state index contributed by atoms with van der Waals surface area (Å²) in [6.07, 6.45) is 6.41. The lowest BCUT2D eigenvalue weighted by Gasteiger charge is -2.22. The van der Waals surface area contributed by atoms with E-state index in [1.165, 1.54) is 19.3 Å². The number of hydrogen-bond donors (Lipinski definition) is 1. The molecular weight excluding hydrogens is 252 g/mol. The molecule has 4 heteroatoms. The number of fused-ring (bicyclic) bond motifs is 1. The van der Waals surface area contributed by atoms with E-state index in [-0.39, 0.29) is 5.91 Å². The summed E-state index contributed by atoms with van der Waals surface area (Å²) in [7, 11) is 0. The molecule has 1 aromatic carbocycles. The van der Waals surface area contributed by atoms with Crippen molar-refractivity contribution < 1.29 is 9.21 Å². The van der Waals surface area contributed by atoms with Crippen molar-refractivity contribution in [2.24, 2.45) is 0 Å². The average Bonchev–Trinajstić information content (AvgIpc) is 2.79. The number of amides is 1. The molecule has 20 heavy (non-hydrogen) atoms. The van der Waals surface area contributed by atoms with Crippen LogP contribution in [0.4, 0.5) is 0 Å².